The lowest BCUT2D eigenvalue weighted by atomic mass is 9.85. The molecule has 4 heterocycles. The summed E-state index contributed by atoms with van der Waals surface area (Å²) in [7, 11) is 0. The highest BCUT2D eigenvalue weighted by Crippen LogP contribution is 2.41. The first-order chi connectivity index (χ1) is 13.2. The SMILES string of the molecule is O=C1N(Cc2ccccn2)CCC12CCN(Cc1cc3ccccc3o1)C2. The van der Waals surface area contributed by atoms with Crippen LogP contribution in [0.25, 0.3) is 11.0 Å². The lowest BCUT2D eigenvalue weighted by Crippen LogP contribution is -2.36. The van der Waals surface area contributed by atoms with Gasteiger partial charge in [-0.25, -0.2) is 0 Å². The Bertz CT molecular complexity index is 935. The van der Waals surface area contributed by atoms with E-state index in [2.05, 4.69) is 22.0 Å². The smallest absolute Gasteiger partial charge is 0.230 e. The van der Waals surface area contributed by atoms with Crippen LogP contribution in [0.2, 0.25) is 0 Å². The molecule has 0 saturated carbocycles. The third-order valence-electron chi connectivity index (χ3n) is 5.97. The number of fused-ring (bicyclic) bond motifs is 1. The molecule has 2 aliphatic heterocycles. The van der Waals surface area contributed by atoms with Crippen LogP contribution in [0, 0.1) is 5.41 Å². The summed E-state index contributed by atoms with van der Waals surface area (Å²) in [6.45, 7) is 3.98. The van der Waals surface area contributed by atoms with Crippen molar-refractivity contribution in [3.05, 3.63) is 66.2 Å². The number of aromatic nitrogens is 1. The summed E-state index contributed by atoms with van der Waals surface area (Å²) in [5.41, 5.74) is 1.67. The predicted molar refractivity (Wildman–Crippen MR) is 103 cm³/mol. The van der Waals surface area contributed by atoms with E-state index in [0.717, 1.165) is 61.4 Å². The van der Waals surface area contributed by atoms with Crippen molar-refractivity contribution in [1.82, 2.24) is 14.8 Å². The Morgan fingerprint density at radius 2 is 1.89 bits per heavy atom. The molecule has 1 unspecified atom stereocenters. The fourth-order valence-corrected chi connectivity index (χ4v) is 4.54. The monoisotopic (exact) mass is 361 g/mol. The highest BCUT2D eigenvalue weighted by molar-refractivity contribution is 5.85. The molecule has 5 nitrogen and oxygen atoms in total. The Morgan fingerprint density at radius 1 is 1.04 bits per heavy atom. The van der Waals surface area contributed by atoms with Gasteiger partial charge in [0.25, 0.3) is 0 Å². The van der Waals surface area contributed by atoms with Gasteiger partial charge in [0.15, 0.2) is 0 Å². The van der Waals surface area contributed by atoms with Gasteiger partial charge >= 0.3 is 0 Å². The molecule has 2 fully saturated rings. The van der Waals surface area contributed by atoms with Crippen molar-refractivity contribution in [2.45, 2.75) is 25.9 Å². The number of hydrogen-bond donors (Lipinski definition) is 0. The third kappa shape index (κ3) is 3.02. The molecule has 2 aromatic heterocycles. The Kier molecular flexibility index (Phi) is 3.97. The Hall–Kier alpha value is -2.66. The van der Waals surface area contributed by atoms with E-state index in [1.807, 2.05) is 41.3 Å². The summed E-state index contributed by atoms with van der Waals surface area (Å²) in [5.74, 6) is 1.27. The quantitative estimate of drug-likeness (QED) is 0.714. The van der Waals surface area contributed by atoms with Gasteiger partial charge in [-0.3, -0.25) is 14.7 Å². The lowest BCUT2D eigenvalue weighted by molar-refractivity contribution is -0.136. The molecule has 0 radical (unpaired) electrons. The molecule has 1 atom stereocenters. The van der Waals surface area contributed by atoms with Crippen molar-refractivity contribution in [3.63, 3.8) is 0 Å². The van der Waals surface area contributed by atoms with Crippen LogP contribution in [-0.4, -0.2) is 40.3 Å². The van der Waals surface area contributed by atoms with Gasteiger partial charge in [-0.1, -0.05) is 24.3 Å². The van der Waals surface area contributed by atoms with Crippen molar-refractivity contribution < 1.29 is 9.21 Å². The minimum atomic E-state index is -0.221. The predicted octanol–water partition coefficient (Wildman–Crippen LogP) is 3.45. The van der Waals surface area contributed by atoms with Gasteiger partial charge in [0.05, 0.1) is 24.2 Å². The van der Waals surface area contributed by atoms with E-state index in [-0.39, 0.29) is 5.41 Å². The fraction of sp³-hybridized carbons (Fsp3) is 0.364. The molecule has 2 aliphatic rings. The van der Waals surface area contributed by atoms with E-state index in [0.29, 0.717) is 12.5 Å². The van der Waals surface area contributed by atoms with Crippen LogP contribution >= 0.6 is 0 Å². The minimum absolute atomic E-state index is 0.221. The Balaban J connectivity index is 1.26. The number of pyridine rings is 1. The molecule has 2 saturated heterocycles. The number of hydrogen-bond acceptors (Lipinski definition) is 4. The first-order valence-corrected chi connectivity index (χ1v) is 9.61. The van der Waals surface area contributed by atoms with E-state index < -0.39 is 0 Å². The molecule has 138 valence electrons. The molecule has 3 aromatic rings. The molecule has 1 amide bonds. The topological polar surface area (TPSA) is 49.6 Å². The first-order valence-electron chi connectivity index (χ1n) is 9.61. The van der Waals surface area contributed by atoms with E-state index in [9.17, 15) is 4.79 Å². The zero-order valence-electron chi connectivity index (χ0n) is 15.3. The van der Waals surface area contributed by atoms with Crippen LogP contribution in [-0.2, 0) is 17.9 Å². The molecule has 27 heavy (non-hydrogen) atoms. The highest BCUT2D eigenvalue weighted by atomic mass is 16.3. The number of para-hydroxylation sites is 1. The minimum Gasteiger partial charge on any atom is -0.460 e. The van der Waals surface area contributed by atoms with Crippen molar-refractivity contribution in [2.75, 3.05) is 19.6 Å². The summed E-state index contributed by atoms with van der Waals surface area (Å²) in [6.07, 6.45) is 3.66. The normalized spacial score (nSPS) is 23.1. The molecular formula is C22H23N3O2. The zero-order chi connectivity index (χ0) is 18.3. The maximum atomic E-state index is 13.1. The molecule has 5 rings (SSSR count). The number of carbonyl (C=O) groups is 1. The number of carbonyl (C=O) groups excluding carboxylic acids is 1. The largest absolute Gasteiger partial charge is 0.460 e. The molecular weight excluding hydrogens is 338 g/mol. The van der Waals surface area contributed by atoms with E-state index >= 15 is 0 Å². The Morgan fingerprint density at radius 3 is 2.74 bits per heavy atom. The summed E-state index contributed by atoms with van der Waals surface area (Å²) in [5, 5.41) is 1.14. The number of benzene rings is 1. The number of likely N-dealkylation sites (tertiary alicyclic amines) is 2. The average molecular weight is 361 g/mol. The van der Waals surface area contributed by atoms with Crippen molar-refractivity contribution in [3.8, 4) is 0 Å². The van der Waals surface area contributed by atoms with Gasteiger partial charge in [-0.2, -0.15) is 0 Å². The number of furan rings is 1. The standard InChI is InChI=1S/C22H23N3O2/c26-21-22(9-12-25(21)14-18-6-3-4-10-23-18)8-11-24(16-22)15-19-13-17-5-1-2-7-20(17)27-19/h1-7,10,13H,8-9,11-12,14-16H2. The summed E-state index contributed by atoms with van der Waals surface area (Å²) in [6, 6.07) is 16.1. The summed E-state index contributed by atoms with van der Waals surface area (Å²) >= 11 is 0. The third-order valence-corrected chi connectivity index (χ3v) is 5.97. The maximum absolute atomic E-state index is 13.1. The second-order valence-corrected chi connectivity index (χ2v) is 7.79. The maximum Gasteiger partial charge on any atom is 0.230 e. The number of nitrogens with zero attached hydrogens (tertiary/aromatic N) is 3. The molecule has 5 heteroatoms. The average Bonchev–Trinajstić information content (AvgIpc) is 3.37. The van der Waals surface area contributed by atoms with E-state index in [4.69, 9.17) is 4.42 Å². The summed E-state index contributed by atoms with van der Waals surface area (Å²) in [4.78, 5) is 21.8. The highest BCUT2D eigenvalue weighted by Gasteiger charge is 2.50. The lowest BCUT2D eigenvalue weighted by Gasteiger charge is -2.23. The summed E-state index contributed by atoms with van der Waals surface area (Å²) < 4.78 is 5.96. The number of amides is 1. The molecule has 0 aliphatic carbocycles. The van der Waals surface area contributed by atoms with Crippen LogP contribution in [0.15, 0.2) is 59.1 Å². The van der Waals surface area contributed by atoms with Crippen molar-refractivity contribution in [1.29, 1.82) is 0 Å². The van der Waals surface area contributed by atoms with Crippen LogP contribution in [0.1, 0.15) is 24.3 Å². The second-order valence-electron chi connectivity index (χ2n) is 7.79. The first kappa shape index (κ1) is 16.5. The van der Waals surface area contributed by atoms with Crippen LogP contribution in [0.5, 0.6) is 0 Å². The second kappa shape index (κ2) is 6.50. The van der Waals surface area contributed by atoms with Crippen LogP contribution in [0.4, 0.5) is 0 Å². The molecule has 0 N–H and O–H groups in total. The van der Waals surface area contributed by atoms with Gasteiger partial charge < -0.3 is 9.32 Å². The molecule has 1 spiro atoms. The van der Waals surface area contributed by atoms with Crippen molar-refractivity contribution >= 4 is 16.9 Å². The number of rotatable bonds is 4. The van der Waals surface area contributed by atoms with Gasteiger partial charge in [0.2, 0.25) is 5.91 Å². The van der Waals surface area contributed by atoms with Crippen LogP contribution < -0.4 is 0 Å². The van der Waals surface area contributed by atoms with Gasteiger partial charge in [-0.15, -0.1) is 0 Å². The fourth-order valence-electron chi connectivity index (χ4n) is 4.54. The zero-order valence-corrected chi connectivity index (χ0v) is 15.3. The van der Waals surface area contributed by atoms with Crippen molar-refractivity contribution in [2.24, 2.45) is 5.41 Å². The Labute approximate surface area is 158 Å². The van der Waals surface area contributed by atoms with E-state index in [1.54, 1.807) is 6.20 Å². The molecule has 0 bridgehead atoms. The van der Waals surface area contributed by atoms with Crippen LogP contribution in [0.3, 0.4) is 0 Å². The molecule has 1 aromatic carbocycles. The van der Waals surface area contributed by atoms with E-state index in [1.165, 1.54) is 0 Å². The van der Waals surface area contributed by atoms with Gasteiger partial charge in [-0.05, 0) is 43.7 Å². The van der Waals surface area contributed by atoms with Gasteiger partial charge in [0, 0.05) is 24.7 Å². The van der Waals surface area contributed by atoms with Gasteiger partial charge in [0.1, 0.15) is 11.3 Å².